The second kappa shape index (κ2) is 21.0. The van der Waals surface area contributed by atoms with Crippen molar-refractivity contribution in [2.75, 3.05) is 63.1 Å². The number of phenols is 2. The van der Waals surface area contributed by atoms with Crippen LogP contribution in [0.3, 0.4) is 0 Å². The van der Waals surface area contributed by atoms with Crippen molar-refractivity contribution in [3.63, 3.8) is 0 Å². The zero-order chi connectivity index (χ0) is 41.4. The molecule has 1 aromatic heterocycles. The molecule has 2 aliphatic rings. The van der Waals surface area contributed by atoms with Crippen LogP contribution in [0.5, 0.6) is 17.2 Å². The highest BCUT2D eigenvalue weighted by molar-refractivity contribution is 6.33. The molecule has 2 heterocycles. The molecule has 1 aliphatic heterocycles. The molecule has 0 saturated heterocycles. The lowest BCUT2D eigenvalue weighted by Gasteiger charge is -2.30. The number of halogens is 2. The van der Waals surface area contributed by atoms with E-state index in [0.717, 1.165) is 10.9 Å². The Balaban J connectivity index is 0.000000260. The Labute approximate surface area is 357 Å². The van der Waals surface area contributed by atoms with Crippen LogP contribution in [0.1, 0.15) is 61.6 Å². The first-order valence-electron chi connectivity index (χ1n) is 18.9. The summed E-state index contributed by atoms with van der Waals surface area (Å²) in [6, 6.07) is 21.4. The summed E-state index contributed by atoms with van der Waals surface area (Å²) >= 11 is 0. The third kappa shape index (κ3) is 10.5. The Hall–Kier alpha value is -5.68. The standard InChI is InChI=1S/C22H28N4O6.C21H18O5.2ClH/c27-11-9-23-5-7-25-13-1-2-14(26-8-6-24-10-12-28)18-17(13)21(31)19-15(29)3-4-16(30)20(19)22(18)32;1-21(2,26-20(23)13-6-4-3-5-7-13)18-11-15-10-14-8-9-19(22)25-16(14)12-17(15)24-18;;/h1-4,23-30H,5-12H2;3-10,12,18H,11H2,1-2H3;2*1H. The fraction of sp³-hybridized carbons (Fsp3) is 0.302. The maximum atomic E-state index is 13.4. The summed E-state index contributed by atoms with van der Waals surface area (Å²) in [5, 5.41) is 51.4. The topological polar surface area (TPSA) is 229 Å². The molecule has 8 N–H and O–H groups in total. The largest absolute Gasteiger partial charge is 0.507 e. The predicted molar refractivity (Wildman–Crippen MR) is 231 cm³/mol. The van der Waals surface area contributed by atoms with Gasteiger partial charge in [0.1, 0.15) is 34.5 Å². The summed E-state index contributed by atoms with van der Waals surface area (Å²) in [7, 11) is 0. The Kier molecular flexibility index (Phi) is 16.5. The maximum Gasteiger partial charge on any atom is 0.338 e. The van der Waals surface area contributed by atoms with Gasteiger partial charge in [0.2, 0.25) is 11.6 Å². The number of carbonyl (C=O) groups excluding carboxylic acids is 3. The van der Waals surface area contributed by atoms with E-state index in [2.05, 4.69) is 21.3 Å². The molecule has 60 heavy (non-hydrogen) atoms. The Morgan fingerprint density at radius 3 is 1.80 bits per heavy atom. The molecule has 0 amide bonds. The smallest absolute Gasteiger partial charge is 0.338 e. The number of aliphatic hydroxyl groups is 2. The van der Waals surface area contributed by atoms with E-state index in [1.807, 2.05) is 26.0 Å². The van der Waals surface area contributed by atoms with E-state index < -0.39 is 22.8 Å². The minimum atomic E-state index is -0.820. The molecular formula is C43H48Cl2N4O11. The van der Waals surface area contributed by atoms with Gasteiger partial charge in [0, 0.05) is 74.6 Å². The van der Waals surface area contributed by atoms with Gasteiger partial charge in [-0.15, -0.1) is 24.8 Å². The number of rotatable bonds is 15. The average Bonchev–Trinajstić information content (AvgIpc) is 3.64. The SMILES string of the molecule is CC(C)(OC(=O)c1ccccc1)C1Cc2cc3ccc(=O)oc3cc2O1.Cl.Cl.O=C1c2c(O)ccc(O)c2C(=O)c2c(NCCNCCO)ccc(NCCNCCO)c21. The number of aromatic hydroxyl groups is 2. The molecule has 7 rings (SSSR count). The van der Waals surface area contributed by atoms with Crippen molar-refractivity contribution in [1.82, 2.24) is 10.6 Å². The summed E-state index contributed by atoms with van der Waals surface area (Å²) in [5.41, 5.74) is 1.44. The number of esters is 1. The van der Waals surface area contributed by atoms with E-state index in [0.29, 0.717) is 74.0 Å². The first kappa shape index (κ1) is 47.0. The number of phenolic OH excluding ortho intramolecular Hbond substituents is 2. The molecule has 1 atom stereocenters. The van der Waals surface area contributed by atoms with Crippen molar-refractivity contribution in [3.8, 4) is 17.2 Å². The normalized spacial score (nSPS) is 13.6. The highest BCUT2D eigenvalue weighted by atomic mass is 35.5. The fourth-order valence-electron chi connectivity index (χ4n) is 6.77. The van der Waals surface area contributed by atoms with Crippen LogP contribution in [-0.2, 0) is 11.2 Å². The fourth-order valence-corrected chi connectivity index (χ4v) is 6.77. The number of hydrogen-bond donors (Lipinski definition) is 8. The summed E-state index contributed by atoms with van der Waals surface area (Å²) < 4.78 is 16.9. The minimum absolute atomic E-state index is 0. The van der Waals surface area contributed by atoms with Gasteiger partial charge in [-0.3, -0.25) is 9.59 Å². The van der Waals surface area contributed by atoms with Gasteiger partial charge in [0.15, 0.2) is 0 Å². The van der Waals surface area contributed by atoms with Gasteiger partial charge in [-0.2, -0.15) is 0 Å². The van der Waals surface area contributed by atoms with Crippen molar-refractivity contribution < 1.29 is 48.7 Å². The van der Waals surface area contributed by atoms with Crippen LogP contribution in [0, 0.1) is 0 Å². The van der Waals surface area contributed by atoms with E-state index in [1.54, 1.807) is 48.5 Å². The average molecular weight is 868 g/mol. The molecule has 0 radical (unpaired) electrons. The lowest BCUT2D eigenvalue weighted by Crippen LogP contribution is -2.43. The quantitative estimate of drug-likeness (QED) is 0.0309. The molecule has 0 spiro atoms. The van der Waals surface area contributed by atoms with Crippen LogP contribution >= 0.6 is 24.8 Å². The van der Waals surface area contributed by atoms with Crippen LogP contribution in [-0.4, -0.2) is 102 Å². The third-order valence-corrected chi connectivity index (χ3v) is 9.70. The highest BCUT2D eigenvalue weighted by Gasteiger charge is 2.40. The third-order valence-electron chi connectivity index (χ3n) is 9.70. The molecule has 320 valence electrons. The van der Waals surface area contributed by atoms with Crippen LogP contribution in [0.15, 0.2) is 88.1 Å². The summed E-state index contributed by atoms with van der Waals surface area (Å²) in [5.74, 6) is -1.59. The van der Waals surface area contributed by atoms with Crippen LogP contribution in [0.25, 0.3) is 11.0 Å². The number of aliphatic hydroxyl groups excluding tert-OH is 2. The number of fused-ring (bicyclic) bond motifs is 4. The summed E-state index contributed by atoms with van der Waals surface area (Å²) in [6.45, 7) is 6.48. The maximum absolute atomic E-state index is 13.4. The van der Waals surface area contributed by atoms with Crippen molar-refractivity contribution >= 4 is 64.7 Å². The van der Waals surface area contributed by atoms with E-state index in [4.69, 9.17) is 24.1 Å². The minimum Gasteiger partial charge on any atom is -0.507 e. The lowest BCUT2D eigenvalue weighted by atomic mass is 9.81. The van der Waals surface area contributed by atoms with Gasteiger partial charge in [0.25, 0.3) is 0 Å². The molecule has 17 heteroatoms. The first-order chi connectivity index (χ1) is 27.9. The molecule has 0 saturated carbocycles. The number of nitrogens with one attached hydrogen (secondary N) is 4. The first-order valence-corrected chi connectivity index (χ1v) is 18.9. The Morgan fingerprint density at radius 2 is 1.27 bits per heavy atom. The number of hydrogen-bond acceptors (Lipinski definition) is 15. The molecule has 1 unspecified atom stereocenters. The van der Waals surface area contributed by atoms with Crippen LogP contribution < -0.4 is 31.6 Å². The molecule has 15 nitrogen and oxygen atoms in total. The van der Waals surface area contributed by atoms with Crippen molar-refractivity contribution in [3.05, 3.63) is 123 Å². The van der Waals surface area contributed by atoms with Crippen molar-refractivity contribution in [2.24, 2.45) is 0 Å². The molecule has 5 aromatic rings. The summed E-state index contributed by atoms with van der Waals surface area (Å²) in [6.07, 6.45) is 0.285. The number of anilines is 2. The van der Waals surface area contributed by atoms with Gasteiger partial charge in [-0.05, 0) is 67.9 Å². The van der Waals surface area contributed by atoms with E-state index in [9.17, 15) is 29.4 Å². The zero-order valence-electron chi connectivity index (χ0n) is 32.9. The monoisotopic (exact) mass is 866 g/mol. The van der Waals surface area contributed by atoms with Gasteiger partial charge < -0.3 is 55.6 Å². The lowest BCUT2D eigenvalue weighted by molar-refractivity contribution is -0.0517. The van der Waals surface area contributed by atoms with Crippen LogP contribution in [0.2, 0.25) is 0 Å². The van der Waals surface area contributed by atoms with Gasteiger partial charge in [0.05, 0.1) is 41.0 Å². The zero-order valence-corrected chi connectivity index (χ0v) is 34.5. The second-order valence-electron chi connectivity index (χ2n) is 14.1. The van der Waals surface area contributed by atoms with Gasteiger partial charge in [-0.1, -0.05) is 18.2 Å². The van der Waals surface area contributed by atoms with E-state index >= 15 is 0 Å². The van der Waals surface area contributed by atoms with Crippen molar-refractivity contribution in [1.29, 1.82) is 0 Å². The molecule has 1 aliphatic carbocycles. The number of ketones is 2. The summed E-state index contributed by atoms with van der Waals surface area (Å²) in [4.78, 5) is 50.5. The van der Waals surface area contributed by atoms with Crippen molar-refractivity contribution in [2.45, 2.75) is 32.0 Å². The molecule has 4 aromatic carbocycles. The molecular weight excluding hydrogens is 819 g/mol. The van der Waals surface area contributed by atoms with Gasteiger partial charge in [-0.25, -0.2) is 9.59 Å². The number of ether oxygens (including phenoxy) is 2. The predicted octanol–water partition coefficient (Wildman–Crippen LogP) is 4.44. The van der Waals surface area contributed by atoms with Crippen LogP contribution in [0.4, 0.5) is 11.4 Å². The molecule has 0 fully saturated rings. The molecule has 0 bridgehead atoms. The second-order valence-corrected chi connectivity index (χ2v) is 14.1. The Bertz CT molecular complexity index is 2300. The van der Waals surface area contributed by atoms with E-state index in [1.165, 1.54) is 18.2 Å². The highest BCUT2D eigenvalue weighted by Crippen LogP contribution is 2.42. The van der Waals surface area contributed by atoms with Gasteiger partial charge >= 0.3 is 11.6 Å². The van der Waals surface area contributed by atoms with E-state index in [-0.39, 0.29) is 83.9 Å². The Morgan fingerprint density at radius 1 is 0.717 bits per heavy atom. The number of carbonyl (C=O) groups is 3. The number of benzene rings is 4.